The quantitative estimate of drug-likeness (QED) is 0.635. The van der Waals surface area contributed by atoms with E-state index in [2.05, 4.69) is 5.32 Å². The standard InChI is InChI=1S/C26H25N3O3/c1-17-8-13-21(18(2)14-17)28-25(30)16-29-24-7-5-4-6-22(24)27-23(15-26(29)31)19-9-11-20(32-3)12-10-19/h4-14H,15-16H2,1-3H3,(H,28,30). The Bertz CT molecular complexity index is 1200. The number of hydrogen-bond acceptors (Lipinski definition) is 4. The second-order valence-corrected chi connectivity index (χ2v) is 7.80. The lowest BCUT2D eigenvalue weighted by Gasteiger charge is -2.22. The molecule has 6 heteroatoms. The smallest absolute Gasteiger partial charge is 0.244 e. The van der Waals surface area contributed by atoms with Crippen molar-refractivity contribution < 1.29 is 14.3 Å². The zero-order valence-corrected chi connectivity index (χ0v) is 18.4. The molecular weight excluding hydrogens is 402 g/mol. The Hall–Kier alpha value is -3.93. The summed E-state index contributed by atoms with van der Waals surface area (Å²) in [6.07, 6.45) is 0.0951. The van der Waals surface area contributed by atoms with Crippen LogP contribution in [0, 0.1) is 13.8 Å². The van der Waals surface area contributed by atoms with Crippen LogP contribution in [0.1, 0.15) is 23.1 Å². The van der Waals surface area contributed by atoms with E-state index in [0.29, 0.717) is 17.1 Å². The largest absolute Gasteiger partial charge is 0.497 e. The number of hydrogen-bond donors (Lipinski definition) is 1. The number of nitrogens with one attached hydrogen (secondary N) is 1. The maximum absolute atomic E-state index is 13.2. The van der Waals surface area contributed by atoms with Crippen LogP contribution in [0.2, 0.25) is 0 Å². The number of carbonyl (C=O) groups excluding carboxylic acids is 2. The molecule has 0 radical (unpaired) electrons. The summed E-state index contributed by atoms with van der Waals surface area (Å²) in [5.41, 5.74) is 5.62. The van der Waals surface area contributed by atoms with E-state index in [-0.39, 0.29) is 24.8 Å². The van der Waals surface area contributed by atoms with Crippen molar-refractivity contribution >= 4 is 34.6 Å². The molecule has 0 spiro atoms. The maximum atomic E-state index is 13.2. The van der Waals surface area contributed by atoms with Gasteiger partial charge in [-0.25, -0.2) is 0 Å². The van der Waals surface area contributed by atoms with E-state index in [1.54, 1.807) is 7.11 Å². The highest BCUT2D eigenvalue weighted by Gasteiger charge is 2.26. The number of amides is 2. The molecule has 0 aliphatic carbocycles. The normalized spacial score (nSPS) is 13.2. The van der Waals surface area contributed by atoms with Gasteiger partial charge in [-0.05, 0) is 67.4 Å². The molecule has 0 fully saturated rings. The van der Waals surface area contributed by atoms with Crippen molar-refractivity contribution in [2.24, 2.45) is 4.99 Å². The van der Waals surface area contributed by atoms with Crippen LogP contribution in [-0.4, -0.2) is 31.2 Å². The number of aryl methyl sites for hydroxylation is 2. The molecule has 1 heterocycles. The lowest BCUT2D eigenvalue weighted by atomic mass is 10.1. The number of rotatable bonds is 5. The third-order valence-corrected chi connectivity index (χ3v) is 5.43. The number of para-hydroxylation sites is 2. The van der Waals surface area contributed by atoms with Crippen LogP contribution in [0.3, 0.4) is 0 Å². The maximum Gasteiger partial charge on any atom is 0.244 e. The van der Waals surface area contributed by atoms with E-state index < -0.39 is 0 Å². The Morgan fingerprint density at radius 2 is 1.81 bits per heavy atom. The van der Waals surface area contributed by atoms with Crippen LogP contribution < -0.4 is 15.0 Å². The first kappa shape index (κ1) is 21.3. The van der Waals surface area contributed by atoms with E-state index in [0.717, 1.165) is 28.1 Å². The number of carbonyl (C=O) groups is 2. The van der Waals surface area contributed by atoms with Gasteiger partial charge in [-0.3, -0.25) is 14.6 Å². The number of nitrogens with zero attached hydrogens (tertiary/aromatic N) is 2. The topological polar surface area (TPSA) is 71.0 Å². The summed E-state index contributed by atoms with van der Waals surface area (Å²) in [5.74, 6) is 0.299. The van der Waals surface area contributed by atoms with Gasteiger partial charge in [0.05, 0.1) is 30.6 Å². The summed E-state index contributed by atoms with van der Waals surface area (Å²) in [4.78, 5) is 32.3. The minimum absolute atomic E-state index is 0.0887. The minimum Gasteiger partial charge on any atom is -0.497 e. The number of benzene rings is 3. The van der Waals surface area contributed by atoms with Crippen molar-refractivity contribution in [3.63, 3.8) is 0 Å². The molecule has 1 aliphatic heterocycles. The Morgan fingerprint density at radius 3 is 2.53 bits per heavy atom. The van der Waals surface area contributed by atoms with E-state index in [4.69, 9.17) is 9.73 Å². The van der Waals surface area contributed by atoms with E-state index in [9.17, 15) is 9.59 Å². The summed E-state index contributed by atoms with van der Waals surface area (Å²) in [6, 6.07) is 20.7. The van der Waals surface area contributed by atoms with Gasteiger partial charge < -0.3 is 15.0 Å². The first-order valence-corrected chi connectivity index (χ1v) is 10.4. The molecule has 1 aliphatic rings. The highest BCUT2D eigenvalue weighted by atomic mass is 16.5. The molecule has 4 rings (SSSR count). The second kappa shape index (κ2) is 9.06. The van der Waals surface area contributed by atoms with Gasteiger partial charge in [-0.2, -0.15) is 0 Å². The fourth-order valence-corrected chi connectivity index (χ4v) is 3.76. The van der Waals surface area contributed by atoms with Gasteiger partial charge in [0.15, 0.2) is 0 Å². The lowest BCUT2D eigenvalue weighted by molar-refractivity contribution is -0.120. The average molecular weight is 428 g/mol. The van der Waals surface area contributed by atoms with Crippen molar-refractivity contribution in [2.45, 2.75) is 20.3 Å². The minimum atomic E-state index is -0.256. The first-order valence-electron chi connectivity index (χ1n) is 10.4. The molecule has 0 atom stereocenters. The summed E-state index contributed by atoms with van der Waals surface area (Å²) >= 11 is 0. The Balaban J connectivity index is 1.60. The molecule has 6 nitrogen and oxygen atoms in total. The molecule has 32 heavy (non-hydrogen) atoms. The van der Waals surface area contributed by atoms with Crippen LogP contribution in [0.25, 0.3) is 0 Å². The molecule has 3 aromatic rings. The van der Waals surface area contributed by atoms with Gasteiger partial charge in [0.25, 0.3) is 0 Å². The van der Waals surface area contributed by atoms with Gasteiger partial charge in [0.2, 0.25) is 11.8 Å². The highest BCUT2D eigenvalue weighted by molar-refractivity contribution is 6.19. The molecule has 2 amide bonds. The van der Waals surface area contributed by atoms with Crippen LogP contribution in [0.15, 0.2) is 71.7 Å². The van der Waals surface area contributed by atoms with Gasteiger partial charge in [0.1, 0.15) is 12.3 Å². The summed E-state index contributed by atoms with van der Waals surface area (Å²) in [5, 5.41) is 2.93. The number of ether oxygens (including phenoxy) is 1. The van der Waals surface area contributed by atoms with E-state index >= 15 is 0 Å². The van der Waals surface area contributed by atoms with E-state index in [1.165, 1.54) is 4.90 Å². The first-order chi connectivity index (χ1) is 15.4. The number of aliphatic imine (C=N–C) groups is 1. The van der Waals surface area contributed by atoms with Crippen molar-refractivity contribution in [3.05, 3.63) is 83.4 Å². The second-order valence-electron chi connectivity index (χ2n) is 7.80. The average Bonchev–Trinajstić information content (AvgIpc) is 2.92. The molecule has 0 aromatic heterocycles. The fraction of sp³-hybridized carbons (Fsp3) is 0.192. The molecule has 162 valence electrons. The Labute approximate surface area is 187 Å². The van der Waals surface area contributed by atoms with Gasteiger partial charge in [0, 0.05) is 5.69 Å². The van der Waals surface area contributed by atoms with Crippen LogP contribution in [0.4, 0.5) is 17.1 Å². The molecule has 0 unspecified atom stereocenters. The van der Waals surface area contributed by atoms with Crippen LogP contribution in [0.5, 0.6) is 5.75 Å². The van der Waals surface area contributed by atoms with Crippen LogP contribution >= 0.6 is 0 Å². The summed E-state index contributed by atoms with van der Waals surface area (Å²) < 4.78 is 5.22. The van der Waals surface area contributed by atoms with Crippen molar-refractivity contribution in [1.82, 2.24) is 0 Å². The zero-order valence-electron chi connectivity index (χ0n) is 18.4. The zero-order chi connectivity index (χ0) is 22.7. The summed E-state index contributed by atoms with van der Waals surface area (Å²) in [6.45, 7) is 3.87. The number of fused-ring (bicyclic) bond motifs is 1. The summed E-state index contributed by atoms with van der Waals surface area (Å²) in [7, 11) is 1.61. The predicted molar refractivity (Wildman–Crippen MR) is 127 cm³/mol. The Kier molecular flexibility index (Phi) is 6.03. The third kappa shape index (κ3) is 4.54. The monoisotopic (exact) mass is 427 g/mol. The molecule has 0 saturated carbocycles. The molecule has 0 bridgehead atoms. The molecule has 0 saturated heterocycles. The van der Waals surface area contributed by atoms with E-state index in [1.807, 2.05) is 80.6 Å². The molecule has 1 N–H and O–H groups in total. The Morgan fingerprint density at radius 1 is 1.06 bits per heavy atom. The SMILES string of the molecule is COc1ccc(C2=Nc3ccccc3N(CC(=O)Nc3ccc(C)cc3C)C(=O)C2)cc1. The molecule has 3 aromatic carbocycles. The third-order valence-electron chi connectivity index (χ3n) is 5.43. The van der Waals surface area contributed by atoms with Gasteiger partial charge in [-0.15, -0.1) is 0 Å². The van der Waals surface area contributed by atoms with Gasteiger partial charge >= 0.3 is 0 Å². The van der Waals surface area contributed by atoms with Crippen molar-refractivity contribution in [1.29, 1.82) is 0 Å². The van der Waals surface area contributed by atoms with Crippen molar-refractivity contribution in [2.75, 3.05) is 23.9 Å². The fourth-order valence-electron chi connectivity index (χ4n) is 3.76. The van der Waals surface area contributed by atoms with Crippen molar-refractivity contribution in [3.8, 4) is 5.75 Å². The number of anilines is 2. The highest BCUT2D eigenvalue weighted by Crippen LogP contribution is 2.33. The lowest BCUT2D eigenvalue weighted by Crippen LogP contribution is -2.38. The molecular formula is C26H25N3O3. The predicted octanol–water partition coefficient (Wildman–Crippen LogP) is 4.81. The number of methoxy groups -OCH3 is 1. The van der Waals surface area contributed by atoms with Crippen LogP contribution in [-0.2, 0) is 9.59 Å². The van der Waals surface area contributed by atoms with Gasteiger partial charge in [-0.1, -0.05) is 29.8 Å².